The number of likely N-dealkylation sites (tertiary alicyclic amines) is 2. The van der Waals surface area contributed by atoms with Crippen molar-refractivity contribution >= 4 is 29.9 Å². The van der Waals surface area contributed by atoms with E-state index in [9.17, 15) is 9.18 Å². The quantitative estimate of drug-likeness (QED) is 0.759. The van der Waals surface area contributed by atoms with Gasteiger partial charge in [0.1, 0.15) is 5.82 Å². The Morgan fingerprint density at radius 2 is 1.85 bits per heavy atom. The fourth-order valence-corrected chi connectivity index (χ4v) is 4.81. The smallest absolute Gasteiger partial charge is 0.227 e. The Labute approximate surface area is 170 Å². The van der Waals surface area contributed by atoms with E-state index < -0.39 is 5.82 Å². The molecule has 2 saturated heterocycles. The average molecular weight is 409 g/mol. The maximum absolute atomic E-state index is 14.0. The van der Waals surface area contributed by atoms with Gasteiger partial charge in [-0.2, -0.15) is 0 Å². The third-order valence-corrected chi connectivity index (χ3v) is 6.13. The summed E-state index contributed by atoms with van der Waals surface area (Å²) in [6, 6.07) is 15.4. The predicted molar refractivity (Wildman–Crippen MR) is 108 cm³/mol. The molecule has 0 unspecified atom stereocenters. The number of hydrogen-bond acceptors (Lipinski definition) is 2. The van der Waals surface area contributed by atoms with E-state index in [1.807, 2.05) is 11.0 Å². The third kappa shape index (κ3) is 3.84. The van der Waals surface area contributed by atoms with Crippen LogP contribution >= 0.6 is 24.0 Å². The summed E-state index contributed by atoms with van der Waals surface area (Å²) in [7, 11) is 2.15. The Kier molecular flexibility index (Phi) is 6.09. The number of amides is 1. The number of carbonyl (C=O) groups excluding carboxylic acids is 1. The maximum Gasteiger partial charge on any atom is 0.227 e. The van der Waals surface area contributed by atoms with Gasteiger partial charge in [0.05, 0.1) is 6.42 Å². The van der Waals surface area contributed by atoms with E-state index in [0.717, 1.165) is 19.6 Å². The first-order chi connectivity index (χ1) is 12.5. The molecule has 27 heavy (non-hydrogen) atoms. The number of hydrogen-bond donors (Lipinski definition) is 0. The summed E-state index contributed by atoms with van der Waals surface area (Å²) in [6.07, 6.45) is 0.0246. The van der Waals surface area contributed by atoms with Crippen molar-refractivity contribution in [1.29, 1.82) is 0 Å². The Bertz CT molecular complexity index is 797. The van der Waals surface area contributed by atoms with Gasteiger partial charge >= 0.3 is 0 Å². The van der Waals surface area contributed by atoms with Crippen molar-refractivity contribution < 1.29 is 9.18 Å². The van der Waals surface area contributed by atoms with Gasteiger partial charge in [-0.05, 0) is 30.7 Å². The molecule has 2 fully saturated rings. The molecule has 2 aromatic rings. The van der Waals surface area contributed by atoms with E-state index in [1.54, 1.807) is 12.1 Å². The molecule has 2 aliphatic rings. The monoisotopic (exact) mass is 408 g/mol. The number of rotatable bonds is 3. The molecule has 2 aliphatic heterocycles. The van der Waals surface area contributed by atoms with E-state index >= 15 is 0 Å². The van der Waals surface area contributed by atoms with Crippen molar-refractivity contribution in [2.24, 2.45) is 11.8 Å². The van der Waals surface area contributed by atoms with E-state index in [-0.39, 0.29) is 24.7 Å². The van der Waals surface area contributed by atoms with Crippen molar-refractivity contribution in [2.75, 3.05) is 26.7 Å². The SMILES string of the molecule is CN1C[C@H]2CN(C(=O)Cc3c(F)cccc3Cl)C[C@H]2[C@@H]1c1ccccc1.Cl. The van der Waals surface area contributed by atoms with E-state index in [2.05, 4.69) is 36.2 Å². The number of carbonyl (C=O) groups is 1. The van der Waals surface area contributed by atoms with Crippen LogP contribution in [0.1, 0.15) is 17.2 Å². The van der Waals surface area contributed by atoms with Gasteiger partial charge in [0, 0.05) is 42.2 Å². The van der Waals surface area contributed by atoms with E-state index in [4.69, 9.17) is 11.6 Å². The third-order valence-electron chi connectivity index (χ3n) is 5.78. The second kappa shape index (κ2) is 8.17. The maximum atomic E-state index is 14.0. The number of halogens is 3. The Balaban J connectivity index is 0.00000210. The number of fused-ring (bicyclic) bond motifs is 1. The minimum Gasteiger partial charge on any atom is -0.342 e. The van der Waals surface area contributed by atoms with Gasteiger partial charge in [0.2, 0.25) is 5.91 Å². The molecule has 2 aromatic carbocycles. The van der Waals surface area contributed by atoms with Crippen LogP contribution in [-0.4, -0.2) is 42.4 Å². The zero-order valence-electron chi connectivity index (χ0n) is 15.1. The van der Waals surface area contributed by atoms with Crippen LogP contribution in [0.5, 0.6) is 0 Å². The van der Waals surface area contributed by atoms with Crippen LogP contribution in [0, 0.1) is 17.7 Å². The minimum atomic E-state index is -0.410. The molecule has 1 amide bonds. The zero-order valence-corrected chi connectivity index (χ0v) is 16.7. The second-order valence-electron chi connectivity index (χ2n) is 7.39. The molecular weight excluding hydrogens is 386 g/mol. The van der Waals surface area contributed by atoms with Crippen LogP contribution < -0.4 is 0 Å². The fourth-order valence-electron chi connectivity index (χ4n) is 4.58. The van der Waals surface area contributed by atoms with Gasteiger partial charge in [0.25, 0.3) is 0 Å². The summed E-state index contributed by atoms with van der Waals surface area (Å²) >= 11 is 6.08. The molecular formula is C21H23Cl2FN2O. The van der Waals surface area contributed by atoms with Crippen LogP contribution in [0.15, 0.2) is 48.5 Å². The molecule has 0 bridgehead atoms. The predicted octanol–water partition coefficient (Wildman–Crippen LogP) is 4.20. The standard InChI is InChI=1S/C21H22ClFN2O.ClH/c1-24-11-15-12-25(13-17(15)21(24)14-6-3-2-4-7-14)20(26)10-16-18(22)8-5-9-19(16)23;/h2-9,15,17,21H,10-13H2,1H3;1H/t15-,17+,21-;/m0./s1. The van der Waals surface area contributed by atoms with Crippen molar-refractivity contribution in [2.45, 2.75) is 12.5 Å². The lowest BCUT2D eigenvalue weighted by atomic mass is 9.90. The Morgan fingerprint density at radius 1 is 1.11 bits per heavy atom. The second-order valence-corrected chi connectivity index (χ2v) is 7.80. The highest BCUT2D eigenvalue weighted by atomic mass is 35.5. The molecule has 0 N–H and O–H groups in total. The summed E-state index contributed by atoms with van der Waals surface area (Å²) in [5, 5.41) is 0.319. The van der Waals surface area contributed by atoms with Crippen molar-refractivity contribution in [3.8, 4) is 0 Å². The molecule has 6 heteroatoms. The largest absolute Gasteiger partial charge is 0.342 e. The molecule has 2 heterocycles. The molecule has 0 radical (unpaired) electrons. The Morgan fingerprint density at radius 3 is 2.56 bits per heavy atom. The highest BCUT2D eigenvalue weighted by Crippen LogP contribution is 2.44. The fraction of sp³-hybridized carbons (Fsp3) is 0.381. The summed E-state index contributed by atoms with van der Waals surface area (Å²) in [5.41, 5.74) is 1.60. The lowest BCUT2D eigenvalue weighted by Crippen LogP contribution is -2.34. The van der Waals surface area contributed by atoms with E-state index in [1.165, 1.54) is 11.6 Å². The van der Waals surface area contributed by atoms with Crippen LogP contribution in [-0.2, 0) is 11.2 Å². The number of benzene rings is 2. The zero-order chi connectivity index (χ0) is 18.3. The van der Waals surface area contributed by atoms with E-state index in [0.29, 0.717) is 28.5 Å². The van der Waals surface area contributed by atoms with Gasteiger partial charge < -0.3 is 4.90 Å². The van der Waals surface area contributed by atoms with Crippen molar-refractivity contribution in [3.63, 3.8) is 0 Å². The van der Waals surface area contributed by atoms with Gasteiger partial charge in [-0.15, -0.1) is 12.4 Å². The molecule has 3 atom stereocenters. The molecule has 0 spiro atoms. The average Bonchev–Trinajstić information content (AvgIpc) is 3.15. The van der Waals surface area contributed by atoms with Gasteiger partial charge in [-0.3, -0.25) is 9.69 Å². The van der Waals surface area contributed by atoms with Crippen LogP contribution in [0.2, 0.25) is 5.02 Å². The van der Waals surface area contributed by atoms with Crippen LogP contribution in [0.4, 0.5) is 4.39 Å². The molecule has 0 aromatic heterocycles. The topological polar surface area (TPSA) is 23.6 Å². The van der Waals surface area contributed by atoms with Crippen molar-refractivity contribution in [1.82, 2.24) is 9.80 Å². The van der Waals surface area contributed by atoms with Crippen molar-refractivity contribution in [3.05, 3.63) is 70.5 Å². The summed E-state index contributed by atoms with van der Waals surface area (Å²) < 4.78 is 14.0. The highest BCUT2D eigenvalue weighted by molar-refractivity contribution is 6.31. The summed E-state index contributed by atoms with van der Waals surface area (Å²) in [5.74, 6) is 0.431. The lowest BCUT2D eigenvalue weighted by Gasteiger charge is -2.27. The Hall–Kier alpha value is -1.62. The first-order valence-electron chi connectivity index (χ1n) is 9.00. The van der Waals surface area contributed by atoms with Gasteiger partial charge in [-0.1, -0.05) is 48.0 Å². The first-order valence-corrected chi connectivity index (χ1v) is 9.38. The van der Waals surface area contributed by atoms with Gasteiger partial charge in [0.15, 0.2) is 0 Å². The highest BCUT2D eigenvalue weighted by Gasteiger charge is 2.47. The molecule has 0 saturated carbocycles. The first kappa shape index (κ1) is 20.1. The minimum absolute atomic E-state index is 0. The summed E-state index contributed by atoms with van der Waals surface area (Å²) in [6.45, 7) is 2.44. The number of nitrogens with zero attached hydrogens (tertiary/aromatic N) is 2. The lowest BCUT2D eigenvalue weighted by molar-refractivity contribution is -0.129. The summed E-state index contributed by atoms with van der Waals surface area (Å²) in [4.78, 5) is 17.0. The molecule has 3 nitrogen and oxygen atoms in total. The molecule has 0 aliphatic carbocycles. The molecule has 144 valence electrons. The van der Waals surface area contributed by atoms with Crippen LogP contribution in [0.25, 0.3) is 0 Å². The normalized spacial score (nSPS) is 24.6. The molecule has 4 rings (SSSR count). The van der Waals surface area contributed by atoms with Gasteiger partial charge in [-0.25, -0.2) is 4.39 Å². The van der Waals surface area contributed by atoms with Crippen LogP contribution in [0.3, 0.4) is 0 Å².